The number of rotatable bonds is 5. The molecule has 6 nitrogen and oxygen atoms in total. The topological polar surface area (TPSA) is 67.9 Å². The lowest BCUT2D eigenvalue weighted by molar-refractivity contribution is -0.123. The third-order valence-corrected chi connectivity index (χ3v) is 4.79. The average molecular weight is 346 g/mol. The summed E-state index contributed by atoms with van der Waals surface area (Å²) in [7, 11) is 0. The van der Waals surface area contributed by atoms with Gasteiger partial charge in [-0.25, -0.2) is 0 Å². The zero-order valence-corrected chi connectivity index (χ0v) is 14.9. The molecule has 0 aliphatic carbocycles. The van der Waals surface area contributed by atoms with Crippen molar-refractivity contribution in [3.8, 4) is 5.75 Å². The summed E-state index contributed by atoms with van der Waals surface area (Å²) in [5, 5.41) is 3.09. The van der Waals surface area contributed by atoms with E-state index in [0.29, 0.717) is 24.8 Å². The van der Waals surface area contributed by atoms with Crippen LogP contribution in [0.3, 0.4) is 0 Å². The normalized spacial score (nSPS) is 23.2. The molecule has 2 amide bonds. The highest BCUT2D eigenvalue weighted by Gasteiger charge is 2.28. The minimum absolute atomic E-state index is 0.0221. The van der Waals surface area contributed by atoms with Crippen LogP contribution in [0.1, 0.15) is 33.1 Å². The molecule has 2 atom stereocenters. The van der Waals surface area contributed by atoms with Gasteiger partial charge in [-0.05, 0) is 30.9 Å². The smallest absolute Gasteiger partial charge is 0.265 e. The number of benzene rings is 1. The SMILES string of the molecule is CC(C)C1CC(NC(=O)CCN2C(=O)COc3ccccc32)CCO1. The number of nitrogens with zero attached hydrogens (tertiary/aromatic N) is 1. The molecule has 1 aromatic carbocycles. The number of ether oxygens (including phenoxy) is 2. The molecule has 2 aliphatic heterocycles. The summed E-state index contributed by atoms with van der Waals surface area (Å²) < 4.78 is 11.2. The number of nitrogens with one attached hydrogen (secondary N) is 1. The first-order chi connectivity index (χ1) is 12.0. The number of carbonyl (C=O) groups is 2. The van der Waals surface area contributed by atoms with Crippen LogP contribution in [0.25, 0.3) is 0 Å². The fourth-order valence-corrected chi connectivity index (χ4v) is 3.34. The second-order valence-electron chi connectivity index (χ2n) is 6.99. The van der Waals surface area contributed by atoms with Crippen LogP contribution in [0.4, 0.5) is 5.69 Å². The van der Waals surface area contributed by atoms with Crippen LogP contribution in [-0.2, 0) is 14.3 Å². The number of fused-ring (bicyclic) bond motifs is 1. The molecule has 0 saturated carbocycles. The van der Waals surface area contributed by atoms with E-state index >= 15 is 0 Å². The molecule has 2 heterocycles. The van der Waals surface area contributed by atoms with E-state index in [2.05, 4.69) is 19.2 Å². The van der Waals surface area contributed by atoms with E-state index in [1.165, 1.54) is 0 Å². The summed E-state index contributed by atoms with van der Waals surface area (Å²) in [4.78, 5) is 26.1. The highest BCUT2D eigenvalue weighted by Crippen LogP contribution is 2.31. The molecule has 0 spiro atoms. The zero-order valence-electron chi connectivity index (χ0n) is 14.9. The Morgan fingerprint density at radius 3 is 2.96 bits per heavy atom. The van der Waals surface area contributed by atoms with E-state index in [1.54, 1.807) is 4.90 Å². The summed E-state index contributed by atoms with van der Waals surface area (Å²) in [6.07, 6.45) is 2.17. The van der Waals surface area contributed by atoms with Gasteiger partial charge in [-0.1, -0.05) is 26.0 Å². The molecule has 2 unspecified atom stereocenters. The van der Waals surface area contributed by atoms with Crippen LogP contribution in [0.2, 0.25) is 0 Å². The summed E-state index contributed by atoms with van der Waals surface area (Å²) in [5.41, 5.74) is 0.734. The van der Waals surface area contributed by atoms with Gasteiger partial charge in [0.25, 0.3) is 5.91 Å². The van der Waals surface area contributed by atoms with Crippen LogP contribution in [0, 0.1) is 5.92 Å². The molecule has 6 heteroatoms. The number of anilines is 1. The zero-order chi connectivity index (χ0) is 17.8. The predicted octanol–water partition coefficient (Wildman–Crippen LogP) is 2.12. The number of carbonyl (C=O) groups excluding carboxylic acids is 2. The first-order valence-electron chi connectivity index (χ1n) is 8.97. The lowest BCUT2D eigenvalue weighted by atomic mass is 9.95. The molecule has 1 aromatic rings. The van der Waals surface area contributed by atoms with E-state index in [9.17, 15) is 9.59 Å². The Morgan fingerprint density at radius 2 is 2.16 bits per heavy atom. The first-order valence-corrected chi connectivity index (χ1v) is 8.97. The first kappa shape index (κ1) is 17.7. The molecule has 2 aliphatic rings. The molecule has 25 heavy (non-hydrogen) atoms. The second kappa shape index (κ2) is 7.87. The Labute approximate surface area is 148 Å². The van der Waals surface area contributed by atoms with Gasteiger partial charge in [0.1, 0.15) is 5.75 Å². The van der Waals surface area contributed by atoms with Crippen LogP contribution in [0.15, 0.2) is 24.3 Å². The maximum atomic E-state index is 12.3. The maximum Gasteiger partial charge on any atom is 0.265 e. The van der Waals surface area contributed by atoms with E-state index in [1.807, 2.05) is 24.3 Å². The van der Waals surface area contributed by atoms with Crippen molar-refractivity contribution in [2.24, 2.45) is 5.92 Å². The Bertz CT molecular complexity index is 632. The van der Waals surface area contributed by atoms with Crippen molar-refractivity contribution in [3.63, 3.8) is 0 Å². The van der Waals surface area contributed by atoms with E-state index in [-0.39, 0.29) is 37.0 Å². The molecule has 0 bridgehead atoms. The number of hydrogen-bond acceptors (Lipinski definition) is 4. The Morgan fingerprint density at radius 1 is 1.36 bits per heavy atom. The van der Waals surface area contributed by atoms with Gasteiger partial charge in [0, 0.05) is 25.6 Å². The minimum Gasteiger partial charge on any atom is -0.482 e. The van der Waals surface area contributed by atoms with Gasteiger partial charge in [-0.15, -0.1) is 0 Å². The summed E-state index contributed by atoms with van der Waals surface area (Å²) in [5.74, 6) is 0.998. The number of para-hydroxylation sites is 2. The Balaban J connectivity index is 1.53. The number of amides is 2. The highest BCUT2D eigenvalue weighted by atomic mass is 16.5. The van der Waals surface area contributed by atoms with Crippen molar-refractivity contribution >= 4 is 17.5 Å². The van der Waals surface area contributed by atoms with Crippen molar-refractivity contribution in [1.29, 1.82) is 0 Å². The van der Waals surface area contributed by atoms with Crippen molar-refractivity contribution in [3.05, 3.63) is 24.3 Å². The van der Waals surface area contributed by atoms with Gasteiger partial charge in [-0.2, -0.15) is 0 Å². The quantitative estimate of drug-likeness (QED) is 0.887. The van der Waals surface area contributed by atoms with Crippen molar-refractivity contribution in [2.75, 3.05) is 24.7 Å². The molecular formula is C19H26N2O4. The van der Waals surface area contributed by atoms with Crippen LogP contribution < -0.4 is 15.0 Å². The van der Waals surface area contributed by atoms with Crippen LogP contribution >= 0.6 is 0 Å². The van der Waals surface area contributed by atoms with Gasteiger partial charge in [0.15, 0.2) is 6.61 Å². The number of hydrogen-bond donors (Lipinski definition) is 1. The molecule has 0 radical (unpaired) electrons. The Kier molecular flexibility index (Phi) is 5.58. The van der Waals surface area contributed by atoms with Crippen molar-refractivity contribution < 1.29 is 19.1 Å². The summed E-state index contributed by atoms with van der Waals surface area (Å²) >= 11 is 0. The highest BCUT2D eigenvalue weighted by molar-refractivity contribution is 5.98. The molecule has 1 saturated heterocycles. The molecule has 136 valence electrons. The maximum absolute atomic E-state index is 12.3. The Hall–Kier alpha value is -2.08. The van der Waals surface area contributed by atoms with Gasteiger partial charge < -0.3 is 19.7 Å². The van der Waals surface area contributed by atoms with Crippen LogP contribution in [-0.4, -0.2) is 43.7 Å². The molecule has 0 aromatic heterocycles. The average Bonchev–Trinajstić information content (AvgIpc) is 2.61. The van der Waals surface area contributed by atoms with E-state index in [0.717, 1.165) is 18.5 Å². The van der Waals surface area contributed by atoms with Crippen molar-refractivity contribution in [2.45, 2.75) is 45.3 Å². The van der Waals surface area contributed by atoms with E-state index < -0.39 is 0 Å². The molecular weight excluding hydrogens is 320 g/mol. The van der Waals surface area contributed by atoms with Crippen molar-refractivity contribution in [1.82, 2.24) is 5.32 Å². The standard InChI is InChI=1S/C19H26N2O4/c1-13(2)17-11-14(8-10-24-17)20-18(22)7-9-21-15-5-3-4-6-16(15)25-12-19(21)23/h3-6,13-14,17H,7-12H2,1-2H3,(H,20,22). The van der Waals surface area contributed by atoms with E-state index in [4.69, 9.17) is 9.47 Å². The van der Waals surface area contributed by atoms with Gasteiger partial charge in [0.05, 0.1) is 11.8 Å². The monoisotopic (exact) mass is 346 g/mol. The molecule has 3 rings (SSSR count). The predicted molar refractivity (Wildman–Crippen MR) is 94.6 cm³/mol. The largest absolute Gasteiger partial charge is 0.482 e. The third-order valence-electron chi connectivity index (χ3n) is 4.79. The second-order valence-corrected chi connectivity index (χ2v) is 6.99. The molecule has 1 fully saturated rings. The summed E-state index contributed by atoms with van der Waals surface area (Å²) in [6.45, 7) is 5.34. The van der Waals surface area contributed by atoms with Gasteiger partial charge >= 0.3 is 0 Å². The third kappa shape index (κ3) is 4.31. The summed E-state index contributed by atoms with van der Waals surface area (Å²) in [6, 6.07) is 7.57. The lowest BCUT2D eigenvalue weighted by Crippen LogP contribution is -2.45. The minimum atomic E-state index is -0.113. The fraction of sp³-hybridized carbons (Fsp3) is 0.579. The van der Waals surface area contributed by atoms with Crippen LogP contribution in [0.5, 0.6) is 5.75 Å². The fourth-order valence-electron chi connectivity index (χ4n) is 3.34. The van der Waals surface area contributed by atoms with Gasteiger partial charge in [0.2, 0.25) is 5.91 Å². The van der Waals surface area contributed by atoms with Gasteiger partial charge in [-0.3, -0.25) is 9.59 Å². The lowest BCUT2D eigenvalue weighted by Gasteiger charge is -2.33. The molecule has 1 N–H and O–H groups in total.